The Labute approximate surface area is 167 Å². The van der Waals surface area contributed by atoms with Crippen LogP contribution in [0.25, 0.3) is 11.4 Å². The van der Waals surface area contributed by atoms with Crippen molar-refractivity contribution in [3.8, 4) is 11.4 Å². The van der Waals surface area contributed by atoms with Gasteiger partial charge in [-0.3, -0.25) is 9.78 Å². The average Bonchev–Trinajstić information content (AvgIpc) is 3.07. The van der Waals surface area contributed by atoms with E-state index in [-0.39, 0.29) is 5.92 Å². The number of hydrogen-bond donors (Lipinski definition) is 0. The number of piperidine rings is 1. The van der Waals surface area contributed by atoms with Gasteiger partial charge in [-0.1, -0.05) is 19.3 Å². The van der Waals surface area contributed by atoms with E-state index in [2.05, 4.69) is 14.9 Å². The predicted molar refractivity (Wildman–Crippen MR) is 109 cm³/mol. The molecule has 0 bridgehead atoms. The predicted octanol–water partition coefficient (Wildman–Crippen LogP) is 3.55. The summed E-state index contributed by atoms with van der Waals surface area (Å²) in [6.45, 7) is 3.78. The molecule has 2 aliphatic rings. The van der Waals surface area contributed by atoms with Crippen molar-refractivity contribution in [1.82, 2.24) is 24.4 Å². The van der Waals surface area contributed by atoms with Crippen molar-refractivity contribution < 1.29 is 4.79 Å². The first kappa shape index (κ1) is 19.1. The Morgan fingerprint density at radius 1 is 1.11 bits per heavy atom. The van der Waals surface area contributed by atoms with Crippen LogP contribution in [0, 0.1) is 18.8 Å². The number of imidazole rings is 1. The Morgan fingerprint density at radius 2 is 1.93 bits per heavy atom. The number of hydrogen-bond acceptors (Lipinski definition) is 4. The molecule has 1 amide bonds. The van der Waals surface area contributed by atoms with Crippen LogP contribution in [0.4, 0.5) is 0 Å². The number of carbonyl (C=O) groups excluding carboxylic acids is 1. The van der Waals surface area contributed by atoms with Crippen LogP contribution in [0.3, 0.4) is 0 Å². The third-order valence-corrected chi connectivity index (χ3v) is 6.45. The molecule has 2 fully saturated rings. The maximum absolute atomic E-state index is 12.9. The fourth-order valence-electron chi connectivity index (χ4n) is 4.70. The van der Waals surface area contributed by atoms with E-state index in [1.165, 1.54) is 19.3 Å². The molecule has 6 heteroatoms. The summed E-state index contributed by atoms with van der Waals surface area (Å²) in [4.78, 5) is 28.7. The van der Waals surface area contributed by atoms with Crippen LogP contribution in [0.5, 0.6) is 0 Å². The van der Waals surface area contributed by atoms with Crippen LogP contribution in [-0.2, 0) is 18.3 Å². The molecule has 1 aliphatic carbocycles. The van der Waals surface area contributed by atoms with E-state index in [1.54, 1.807) is 6.20 Å². The van der Waals surface area contributed by atoms with Crippen LogP contribution in [-0.4, -0.2) is 43.4 Å². The summed E-state index contributed by atoms with van der Waals surface area (Å²) in [5, 5.41) is 0. The summed E-state index contributed by atoms with van der Waals surface area (Å²) in [5.74, 6) is 2.10. The van der Waals surface area contributed by atoms with E-state index in [4.69, 9.17) is 4.98 Å². The Balaban J connectivity index is 1.42. The van der Waals surface area contributed by atoms with Gasteiger partial charge in [0.2, 0.25) is 5.91 Å². The van der Waals surface area contributed by atoms with Gasteiger partial charge in [0.15, 0.2) is 0 Å². The molecule has 1 saturated heterocycles. The first-order valence-corrected chi connectivity index (χ1v) is 10.7. The lowest BCUT2D eigenvalue weighted by Crippen LogP contribution is -2.44. The zero-order valence-electron chi connectivity index (χ0n) is 17.1. The van der Waals surface area contributed by atoms with Crippen molar-refractivity contribution in [2.75, 3.05) is 13.1 Å². The Morgan fingerprint density at radius 3 is 2.68 bits per heavy atom. The molecular formula is C22H31N5O. The highest BCUT2D eigenvalue weighted by Gasteiger charge is 2.30. The first-order valence-electron chi connectivity index (χ1n) is 10.7. The van der Waals surface area contributed by atoms with Crippen LogP contribution < -0.4 is 0 Å². The second-order valence-corrected chi connectivity index (χ2v) is 8.48. The zero-order chi connectivity index (χ0) is 19.5. The van der Waals surface area contributed by atoms with E-state index in [9.17, 15) is 4.79 Å². The van der Waals surface area contributed by atoms with Crippen molar-refractivity contribution in [2.24, 2.45) is 18.9 Å². The molecule has 0 radical (unpaired) electrons. The van der Waals surface area contributed by atoms with Gasteiger partial charge in [-0.05, 0) is 44.9 Å². The van der Waals surface area contributed by atoms with Crippen LogP contribution in [0.1, 0.15) is 56.5 Å². The molecule has 0 N–H and O–H groups in total. The van der Waals surface area contributed by atoms with Crippen LogP contribution >= 0.6 is 0 Å². The zero-order valence-corrected chi connectivity index (χ0v) is 17.1. The molecule has 2 aromatic rings. The minimum Gasteiger partial charge on any atom is -0.342 e. The third-order valence-electron chi connectivity index (χ3n) is 6.45. The maximum Gasteiger partial charge on any atom is 0.225 e. The molecule has 3 heterocycles. The molecule has 28 heavy (non-hydrogen) atoms. The highest BCUT2D eigenvalue weighted by Crippen LogP contribution is 2.28. The summed E-state index contributed by atoms with van der Waals surface area (Å²) >= 11 is 0. The molecule has 6 nitrogen and oxygen atoms in total. The maximum atomic E-state index is 12.9. The standard InChI is InChI=1S/C22H31N5O/c1-16-24-14-21(26(16)2)20-13-23-12-19(25-20)11-17-7-6-10-27(15-17)22(28)18-8-4-3-5-9-18/h12-14,17-18H,3-11,15H2,1-2H3/t17-/m1/s1. The molecule has 4 rings (SSSR count). The topological polar surface area (TPSA) is 63.9 Å². The molecular weight excluding hydrogens is 350 g/mol. The molecule has 150 valence electrons. The molecule has 2 aromatic heterocycles. The van der Waals surface area contributed by atoms with E-state index in [0.717, 1.165) is 68.1 Å². The lowest BCUT2D eigenvalue weighted by molar-refractivity contribution is -0.138. The Bertz CT molecular complexity index is 824. The summed E-state index contributed by atoms with van der Waals surface area (Å²) in [6, 6.07) is 0. The second kappa shape index (κ2) is 8.41. The van der Waals surface area contributed by atoms with Gasteiger partial charge in [0, 0.05) is 32.3 Å². The normalized spacial score (nSPS) is 21.1. The monoisotopic (exact) mass is 381 g/mol. The van der Waals surface area contributed by atoms with Gasteiger partial charge >= 0.3 is 0 Å². The Hall–Kier alpha value is -2.24. The summed E-state index contributed by atoms with van der Waals surface area (Å²) in [6.07, 6.45) is 14.5. The second-order valence-electron chi connectivity index (χ2n) is 8.48. The molecule has 1 atom stereocenters. The number of aryl methyl sites for hydroxylation is 1. The van der Waals surface area contributed by atoms with Crippen molar-refractivity contribution in [2.45, 2.75) is 58.3 Å². The fraction of sp³-hybridized carbons (Fsp3) is 0.636. The van der Waals surface area contributed by atoms with Crippen LogP contribution in [0.2, 0.25) is 0 Å². The Kier molecular flexibility index (Phi) is 5.74. The van der Waals surface area contributed by atoms with Crippen molar-refractivity contribution in [3.05, 3.63) is 30.1 Å². The van der Waals surface area contributed by atoms with E-state index in [1.807, 2.05) is 30.9 Å². The smallest absolute Gasteiger partial charge is 0.225 e. The van der Waals surface area contributed by atoms with E-state index >= 15 is 0 Å². The van der Waals surface area contributed by atoms with Crippen molar-refractivity contribution >= 4 is 5.91 Å². The van der Waals surface area contributed by atoms with Gasteiger partial charge in [-0.2, -0.15) is 0 Å². The fourth-order valence-corrected chi connectivity index (χ4v) is 4.70. The number of nitrogens with zero attached hydrogens (tertiary/aromatic N) is 5. The number of carbonyl (C=O) groups is 1. The van der Waals surface area contributed by atoms with E-state index in [0.29, 0.717) is 11.8 Å². The molecule has 0 unspecified atom stereocenters. The quantitative estimate of drug-likeness (QED) is 0.812. The lowest BCUT2D eigenvalue weighted by Gasteiger charge is -2.36. The minimum atomic E-state index is 0.267. The van der Waals surface area contributed by atoms with Gasteiger partial charge in [0.1, 0.15) is 11.5 Å². The summed E-state index contributed by atoms with van der Waals surface area (Å²) < 4.78 is 2.04. The van der Waals surface area contributed by atoms with Gasteiger partial charge in [0.25, 0.3) is 0 Å². The van der Waals surface area contributed by atoms with Crippen LogP contribution in [0.15, 0.2) is 18.6 Å². The van der Waals surface area contributed by atoms with Crippen molar-refractivity contribution in [3.63, 3.8) is 0 Å². The number of amides is 1. The highest BCUT2D eigenvalue weighted by atomic mass is 16.2. The number of aromatic nitrogens is 4. The largest absolute Gasteiger partial charge is 0.342 e. The van der Waals surface area contributed by atoms with Gasteiger partial charge in [0.05, 0.1) is 23.8 Å². The molecule has 0 spiro atoms. The summed E-state index contributed by atoms with van der Waals surface area (Å²) in [5.41, 5.74) is 2.87. The first-order chi connectivity index (χ1) is 13.6. The van der Waals surface area contributed by atoms with E-state index < -0.39 is 0 Å². The van der Waals surface area contributed by atoms with Gasteiger partial charge < -0.3 is 9.47 Å². The van der Waals surface area contributed by atoms with Gasteiger partial charge in [-0.15, -0.1) is 0 Å². The van der Waals surface area contributed by atoms with Crippen molar-refractivity contribution in [1.29, 1.82) is 0 Å². The third kappa shape index (κ3) is 4.10. The summed E-state index contributed by atoms with van der Waals surface area (Å²) in [7, 11) is 2.00. The highest BCUT2D eigenvalue weighted by molar-refractivity contribution is 5.79. The SMILES string of the molecule is Cc1ncc(-c2cncc(C[C@H]3CCCN(C(=O)C4CCCCC4)C3)n2)n1C. The molecule has 0 aromatic carbocycles. The number of likely N-dealkylation sites (tertiary alicyclic amines) is 1. The van der Waals surface area contributed by atoms with Gasteiger partial charge in [-0.25, -0.2) is 9.97 Å². The average molecular weight is 382 g/mol. The molecule has 1 aliphatic heterocycles. The lowest BCUT2D eigenvalue weighted by atomic mass is 9.86. The number of rotatable bonds is 4. The molecule has 1 saturated carbocycles. The minimum absolute atomic E-state index is 0.267.